The van der Waals surface area contributed by atoms with E-state index in [2.05, 4.69) is 11.9 Å². The fourth-order valence-corrected chi connectivity index (χ4v) is 2.59. The number of nitrogens with two attached hydrogens (primary N) is 1. The van der Waals surface area contributed by atoms with Crippen molar-refractivity contribution in [2.24, 2.45) is 11.7 Å². The Morgan fingerprint density at radius 1 is 1.44 bits per heavy atom. The summed E-state index contributed by atoms with van der Waals surface area (Å²) in [6.07, 6.45) is 7.80. The van der Waals surface area contributed by atoms with Crippen molar-refractivity contribution in [1.29, 1.82) is 0 Å². The number of aromatic nitrogens is 1. The molecule has 1 aliphatic carbocycles. The lowest BCUT2D eigenvalue weighted by Crippen LogP contribution is -2.22. The van der Waals surface area contributed by atoms with Gasteiger partial charge in [0.05, 0.1) is 7.11 Å². The van der Waals surface area contributed by atoms with Gasteiger partial charge in [-0.15, -0.1) is 0 Å². The van der Waals surface area contributed by atoms with Gasteiger partial charge in [-0.05, 0) is 51.9 Å². The molecular formula is C15H24N2O. The molecule has 3 heteroatoms. The molecule has 2 N–H and O–H groups in total. The van der Waals surface area contributed by atoms with E-state index in [9.17, 15) is 0 Å². The lowest BCUT2D eigenvalue weighted by molar-refractivity contribution is 0.406. The molecule has 1 aliphatic rings. The van der Waals surface area contributed by atoms with Crippen molar-refractivity contribution in [3.05, 3.63) is 23.0 Å². The SMILES string of the molecule is COc1c(C)cnc(CCCC(N)C2CC2)c1C. The third-order valence-corrected chi connectivity index (χ3v) is 3.93. The summed E-state index contributed by atoms with van der Waals surface area (Å²) in [6.45, 7) is 4.13. The van der Waals surface area contributed by atoms with Crippen molar-refractivity contribution in [3.63, 3.8) is 0 Å². The Balaban J connectivity index is 1.92. The second-order valence-electron chi connectivity index (χ2n) is 5.44. The Labute approximate surface area is 110 Å². The zero-order chi connectivity index (χ0) is 13.1. The van der Waals surface area contributed by atoms with Crippen molar-refractivity contribution in [1.82, 2.24) is 4.98 Å². The third kappa shape index (κ3) is 3.02. The molecule has 1 heterocycles. The molecule has 1 aromatic heterocycles. The van der Waals surface area contributed by atoms with Gasteiger partial charge in [-0.2, -0.15) is 0 Å². The van der Waals surface area contributed by atoms with Gasteiger partial charge < -0.3 is 10.5 Å². The Morgan fingerprint density at radius 3 is 2.78 bits per heavy atom. The Morgan fingerprint density at radius 2 is 2.17 bits per heavy atom. The molecule has 0 radical (unpaired) electrons. The molecule has 1 fully saturated rings. The predicted octanol–water partition coefficient (Wildman–Crippen LogP) is 2.77. The van der Waals surface area contributed by atoms with Crippen LogP contribution >= 0.6 is 0 Å². The van der Waals surface area contributed by atoms with Crippen LogP contribution in [0, 0.1) is 19.8 Å². The van der Waals surface area contributed by atoms with Gasteiger partial charge in [0.1, 0.15) is 5.75 Å². The van der Waals surface area contributed by atoms with Crippen LogP contribution in [0.5, 0.6) is 5.75 Å². The van der Waals surface area contributed by atoms with Crippen LogP contribution in [0.4, 0.5) is 0 Å². The molecule has 0 bridgehead atoms. The number of aryl methyl sites for hydroxylation is 2. The van der Waals surface area contributed by atoms with E-state index in [1.165, 1.54) is 18.4 Å². The molecule has 1 aromatic rings. The van der Waals surface area contributed by atoms with Crippen LogP contribution in [0.3, 0.4) is 0 Å². The van der Waals surface area contributed by atoms with E-state index < -0.39 is 0 Å². The quantitative estimate of drug-likeness (QED) is 0.842. The van der Waals surface area contributed by atoms with Gasteiger partial charge >= 0.3 is 0 Å². The third-order valence-electron chi connectivity index (χ3n) is 3.93. The zero-order valence-corrected chi connectivity index (χ0v) is 11.7. The summed E-state index contributed by atoms with van der Waals surface area (Å²) in [4.78, 5) is 4.52. The van der Waals surface area contributed by atoms with Gasteiger partial charge in [-0.3, -0.25) is 4.98 Å². The van der Waals surface area contributed by atoms with Crippen LogP contribution in [0.1, 0.15) is 42.5 Å². The molecule has 1 atom stereocenters. The average molecular weight is 248 g/mol. The molecular weight excluding hydrogens is 224 g/mol. The molecule has 0 amide bonds. The average Bonchev–Trinajstić information content (AvgIpc) is 3.16. The van der Waals surface area contributed by atoms with Crippen molar-refractivity contribution in [3.8, 4) is 5.75 Å². The van der Waals surface area contributed by atoms with Crippen molar-refractivity contribution in [2.45, 2.75) is 52.0 Å². The van der Waals surface area contributed by atoms with Gasteiger partial charge in [0.15, 0.2) is 0 Å². The van der Waals surface area contributed by atoms with E-state index in [4.69, 9.17) is 10.5 Å². The molecule has 0 aliphatic heterocycles. The van der Waals surface area contributed by atoms with Crippen LogP contribution in [-0.2, 0) is 6.42 Å². The number of rotatable bonds is 6. The largest absolute Gasteiger partial charge is 0.496 e. The summed E-state index contributed by atoms with van der Waals surface area (Å²) in [7, 11) is 1.72. The topological polar surface area (TPSA) is 48.1 Å². The fraction of sp³-hybridized carbons (Fsp3) is 0.667. The minimum Gasteiger partial charge on any atom is -0.496 e. The minimum absolute atomic E-state index is 0.401. The number of hydrogen-bond acceptors (Lipinski definition) is 3. The number of pyridine rings is 1. The monoisotopic (exact) mass is 248 g/mol. The minimum atomic E-state index is 0.401. The standard InChI is InChI=1S/C15H24N2O/c1-10-9-17-14(11(2)15(10)18-3)6-4-5-13(16)12-7-8-12/h9,12-13H,4-8,16H2,1-3H3. The second kappa shape index (κ2) is 5.70. The van der Waals surface area contributed by atoms with Crippen LogP contribution < -0.4 is 10.5 Å². The maximum Gasteiger partial charge on any atom is 0.128 e. The van der Waals surface area contributed by atoms with E-state index >= 15 is 0 Å². The Bertz CT molecular complexity index is 413. The van der Waals surface area contributed by atoms with Gasteiger partial charge in [0.25, 0.3) is 0 Å². The van der Waals surface area contributed by atoms with Crippen LogP contribution in [0.25, 0.3) is 0 Å². The molecule has 0 aromatic carbocycles. The molecule has 3 nitrogen and oxygen atoms in total. The smallest absolute Gasteiger partial charge is 0.128 e. The maximum absolute atomic E-state index is 6.12. The molecule has 0 saturated heterocycles. The summed E-state index contributed by atoms with van der Waals surface area (Å²) in [6, 6.07) is 0.401. The van der Waals surface area contributed by atoms with E-state index in [1.54, 1.807) is 7.11 Å². The summed E-state index contributed by atoms with van der Waals surface area (Å²) < 4.78 is 5.43. The molecule has 1 saturated carbocycles. The van der Waals surface area contributed by atoms with E-state index in [0.717, 1.165) is 42.2 Å². The number of ether oxygens (including phenoxy) is 1. The van der Waals surface area contributed by atoms with Gasteiger partial charge in [0, 0.05) is 29.1 Å². The van der Waals surface area contributed by atoms with Crippen molar-refractivity contribution >= 4 is 0 Å². The predicted molar refractivity (Wildman–Crippen MR) is 73.9 cm³/mol. The normalized spacial score (nSPS) is 16.7. The first kappa shape index (κ1) is 13.3. The number of hydrogen-bond donors (Lipinski definition) is 1. The highest BCUT2D eigenvalue weighted by atomic mass is 16.5. The first-order valence-electron chi connectivity index (χ1n) is 6.88. The van der Waals surface area contributed by atoms with Crippen molar-refractivity contribution < 1.29 is 4.74 Å². The summed E-state index contributed by atoms with van der Waals surface area (Å²) in [5, 5.41) is 0. The molecule has 100 valence electrons. The number of nitrogens with zero attached hydrogens (tertiary/aromatic N) is 1. The second-order valence-corrected chi connectivity index (χ2v) is 5.44. The molecule has 18 heavy (non-hydrogen) atoms. The van der Waals surface area contributed by atoms with Gasteiger partial charge in [0.2, 0.25) is 0 Å². The molecule has 0 spiro atoms. The Kier molecular flexibility index (Phi) is 4.23. The molecule has 2 rings (SSSR count). The van der Waals surface area contributed by atoms with E-state index in [1.807, 2.05) is 13.1 Å². The molecule has 1 unspecified atom stereocenters. The highest BCUT2D eigenvalue weighted by Gasteiger charge is 2.27. The zero-order valence-electron chi connectivity index (χ0n) is 11.7. The first-order chi connectivity index (χ1) is 8.63. The van der Waals surface area contributed by atoms with Gasteiger partial charge in [-0.1, -0.05) is 0 Å². The summed E-state index contributed by atoms with van der Waals surface area (Å²) in [5.41, 5.74) is 9.55. The van der Waals surface area contributed by atoms with Crippen LogP contribution in [0.15, 0.2) is 6.20 Å². The summed E-state index contributed by atoms with van der Waals surface area (Å²) >= 11 is 0. The van der Waals surface area contributed by atoms with Gasteiger partial charge in [-0.25, -0.2) is 0 Å². The lowest BCUT2D eigenvalue weighted by atomic mass is 10.0. The highest BCUT2D eigenvalue weighted by molar-refractivity contribution is 5.41. The summed E-state index contributed by atoms with van der Waals surface area (Å²) in [5.74, 6) is 1.78. The highest BCUT2D eigenvalue weighted by Crippen LogP contribution is 2.33. The first-order valence-corrected chi connectivity index (χ1v) is 6.88. The number of methoxy groups -OCH3 is 1. The van der Waals surface area contributed by atoms with E-state index in [-0.39, 0.29) is 0 Å². The van der Waals surface area contributed by atoms with Crippen LogP contribution in [0.2, 0.25) is 0 Å². The van der Waals surface area contributed by atoms with Crippen LogP contribution in [-0.4, -0.2) is 18.1 Å². The van der Waals surface area contributed by atoms with Crippen molar-refractivity contribution in [2.75, 3.05) is 7.11 Å². The van der Waals surface area contributed by atoms with E-state index in [0.29, 0.717) is 6.04 Å². The lowest BCUT2D eigenvalue weighted by Gasteiger charge is -2.13. The Hall–Kier alpha value is -1.09. The fourth-order valence-electron chi connectivity index (χ4n) is 2.59. The maximum atomic E-state index is 6.12.